The molecule has 0 heterocycles. The van der Waals surface area contributed by atoms with Gasteiger partial charge in [-0.05, 0) is 36.0 Å². The van der Waals surface area contributed by atoms with Crippen molar-refractivity contribution in [3.8, 4) is 5.75 Å². The lowest BCUT2D eigenvalue weighted by atomic mass is 9.72. The fraction of sp³-hybridized carbons (Fsp3) is 0.529. The van der Waals surface area contributed by atoms with Crippen LogP contribution >= 0.6 is 15.9 Å². The first-order chi connectivity index (χ1) is 11.0. The minimum absolute atomic E-state index is 0.0896. The summed E-state index contributed by atoms with van der Waals surface area (Å²) >= 11 is 3.36. The number of rotatable bonds is 6. The summed E-state index contributed by atoms with van der Waals surface area (Å²) in [5.41, 5.74) is 0.672. The zero-order valence-corrected chi connectivity index (χ0v) is 14.6. The van der Waals surface area contributed by atoms with Gasteiger partial charge in [-0.2, -0.15) is 0 Å². The number of amides is 1. The second-order valence-electron chi connectivity index (χ2n) is 6.16. The monoisotopic (exact) mass is 383 g/mol. The van der Waals surface area contributed by atoms with E-state index in [0.29, 0.717) is 17.6 Å². The molecule has 0 bridgehead atoms. The van der Waals surface area contributed by atoms with Gasteiger partial charge in [0.1, 0.15) is 5.75 Å². The van der Waals surface area contributed by atoms with Crippen LogP contribution in [0.15, 0.2) is 24.3 Å². The fourth-order valence-electron chi connectivity index (χ4n) is 3.13. The first kappa shape index (κ1) is 17.8. The number of nitrogens with one attached hydrogen (secondary N) is 1. The van der Waals surface area contributed by atoms with Crippen molar-refractivity contribution < 1.29 is 19.4 Å². The highest BCUT2D eigenvalue weighted by atomic mass is 79.9. The summed E-state index contributed by atoms with van der Waals surface area (Å²) in [6.07, 6.45) is 4.37. The third-order valence-corrected chi connectivity index (χ3v) is 4.96. The number of halogens is 1. The lowest BCUT2D eigenvalue weighted by Crippen LogP contribution is -2.41. The predicted octanol–water partition coefficient (Wildman–Crippen LogP) is 4.10. The van der Waals surface area contributed by atoms with E-state index < -0.39 is 12.1 Å². The van der Waals surface area contributed by atoms with E-state index in [0.717, 1.165) is 37.7 Å². The molecule has 0 radical (unpaired) electrons. The predicted molar refractivity (Wildman–Crippen MR) is 90.9 cm³/mol. The first-order valence-corrected chi connectivity index (χ1v) is 8.98. The Morgan fingerprint density at radius 1 is 1.26 bits per heavy atom. The van der Waals surface area contributed by atoms with Crippen LogP contribution in [-0.4, -0.2) is 23.7 Å². The molecule has 0 aliphatic heterocycles. The third-order valence-electron chi connectivity index (χ3n) is 4.31. The highest BCUT2D eigenvalue weighted by Gasteiger charge is 2.34. The minimum atomic E-state index is -0.813. The number of hydrogen-bond donors (Lipinski definition) is 2. The van der Waals surface area contributed by atoms with Gasteiger partial charge < -0.3 is 15.2 Å². The summed E-state index contributed by atoms with van der Waals surface area (Å²) in [4.78, 5) is 23.1. The van der Waals surface area contributed by atoms with E-state index in [2.05, 4.69) is 21.2 Å². The Kier molecular flexibility index (Phi) is 6.45. The quantitative estimate of drug-likeness (QED) is 0.725. The standard InChI is InChI=1S/C17H22BrNO4/c18-11-13-5-4-6-14(9-13)23-16(22)19-12-17(10-15(20)21)7-2-1-3-8-17/h4-6,9H,1-3,7-8,10-12H2,(H,19,22)(H,20,21). The van der Waals surface area contributed by atoms with Crippen LogP contribution in [0.1, 0.15) is 44.1 Å². The van der Waals surface area contributed by atoms with Gasteiger partial charge in [0.25, 0.3) is 0 Å². The van der Waals surface area contributed by atoms with Gasteiger partial charge in [-0.1, -0.05) is 47.3 Å². The molecular weight excluding hydrogens is 362 g/mol. The zero-order valence-electron chi connectivity index (χ0n) is 13.0. The molecular formula is C17H22BrNO4. The largest absolute Gasteiger partial charge is 0.481 e. The fourth-order valence-corrected chi connectivity index (χ4v) is 3.48. The van der Waals surface area contributed by atoms with Crippen LogP contribution in [0, 0.1) is 5.41 Å². The summed E-state index contributed by atoms with van der Waals surface area (Å²) in [5, 5.41) is 12.6. The number of carbonyl (C=O) groups is 2. The number of carboxylic acids is 1. The molecule has 0 atom stereocenters. The Hall–Kier alpha value is -1.56. The molecule has 0 aromatic heterocycles. The summed E-state index contributed by atoms with van der Waals surface area (Å²) in [6, 6.07) is 7.27. The van der Waals surface area contributed by atoms with Gasteiger partial charge in [-0.3, -0.25) is 4.79 Å². The van der Waals surface area contributed by atoms with Gasteiger partial charge >= 0.3 is 12.1 Å². The lowest BCUT2D eigenvalue weighted by Gasteiger charge is -2.36. The number of benzene rings is 1. The van der Waals surface area contributed by atoms with E-state index in [1.54, 1.807) is 12.1 Å². The van der Waals surface area contributed by atoms with Crippen molar-refractivity contribution in [1.82, 2.24) is 5.32 Å². The van der Waals surface area contributed by atoms with Crippen LogP contribution in [-0.2, 0) is 10.1 Å². The van der Waals surface area contributed by atoms with Crippen LogP contribution in [0.2, 0.25) is 0 Å². The Labute approximate surface area is 144 Å². The molecule has 0 unspecified atom stereocenters. The highest BCUT2D eigenvalue weighted by Crippen LogP contribution is 2.38. The van der Waals surface area contributed by atoms with Gasteiger partial charge in [-0.15, -0.1) is 0 Å². The maximum absolute atomic E-state index is 12.0. The van der Waals surface area contributed by atoms with Crippen molar-refractivity contribution >= 4 is 28.0 Å². The topological polar surface area (TPSA) is 75.6 Å². The van der Waals surface area contributed by atoms with Crippen molar-refractivity contribution in [3.63, 3.8) is 0 Å². The van der Waals surface area contributed by atoms with Gasteiger partial charge in [-0.25, -0.2) is 4.79 Å². The van der Waals surface area contributed by atoms with Crippen molar-refractivity contribution in [2.75, 3.05) is 6.54 Å². The zero-order chi connectivity index (χ0) is 16.7. The van der Waals surface area contributed by atoms with Crippen molar-refractivity contribution in [2.24, 2.45) is 5.41 Å². The molecule has 1 amide bonds. The van der Waals surface area contributed by atoms with E-state index >= 15 is 0 Å². The van der Waals surface area contributed by atoms with Gasteiger partial charge in [0, 0.05) is 11.9 Å². The number of carbonyl (C=O) groups excluding carboxylic acids is 1. The molecule has 5 nitrogen and oxygen atoms in total. The lowest BCUT2D eigenvalue weighted by molar-refractivity contribution is -0.140. The van der Waals surface area contributed by atoms with Crippen LogP contribution < -0.4 is 10.1 Å². The summed E-state index contributed by atoms with van der Waals surface area (Å²) in [7, 11) is 0. The molecule has 1 aromatic rings. The van der Waals surface area contributed by atoms with E-state index in [1.807, 2.05) is 12.1 Å². The van der Waals surface area contributed by atoms with E-state index in [1.165, 1.54) is 0 Å². The molecule has 1 saturated carbocycles. The number of aliphatic carboxylic acids is 1. The second-order valence-corrected chi connectivity index (χ2v) is 6.72. The summed E-state index contributed by atoms with van der Waals surface area (Å²) in [6.45, 7) is 0.344. The molecule has 1 fully saturated rings. The van der Waals surface area contributed by atoms with Crippen LogP contribution in [0.3, 0.4) is 0 Å². The Morgan fingerprint density at radius 2 is 2.00 bits per heavy atom. The normalized spacial score (nSPS) is 16.6. The molecule has 0 spiro atoms. The number of alkyl halides is 1. The molecule has 2 N–H and O–H groups in total. The van der Waals surface area contributed by atoms with Crippen LogP contribution in [0.5, 0.6) is 5.75 Å². The smallest absolute Gasteiger partial charge is 0.412 e. The molecule has 1 aliphatic rings. The summed E-state index contributed by atoms with van der Waals surface area (Å²) < 4.78 is 5.28. The van der Waals surface area contributed by atoms with Crippen LogP contribution in [0.4, 0.5) is 4.79 Å². The molecule has 2 rings (SSSR count). The molecule has 1 aromatic carbocycles. The summed E-state index contributed by atoms with van der Waals surface area (Å²) in [5.74, 6) is -0.331. The minimum Gasteiger partial charge on any atom is -0.481 e. The number of ether oxygens (including phenoxy) is 1. The first-order valence-electron chi connectivity index (χ1n) is 7.85. The highest BCUT2D eigenvalue weighted by molar-refractivity contribution is 9.08. The average Bonchev–Trinajstić information content (AvgIpc) is 2.53. The maximum Gasteiger partial charge on any atom is 0.412 e. The Morgan fingerprint density at radius 3 is 2.65 bits per heavy atom. The molecule has 126 valence electrons. The van der Waals surface area contributed by atoms with Crippen molar-refractivity contribution in [2.45, 2.75) is 43.9 Å². The molecule has 1 aliphatic carbocycles. The Balaban J connectivity index is 1.91. The maximum atomic E-state index is 12.0. The molecule has 0 saturated heterocycles. The van der Waals surface area contributed by atoms with Crippen molar-refractivity contribution in [1.29, 1.82) is 0 Å². The third kappa shape index (κ3) is 5.53. The Bertz CT molecular complexity index is 555. The van der Waals surface area contributed by atoms with E-state index in [9.17, 15) is 9.59 Å². The number of carboxylic acid groups (broad SMARTS) is 1. The number of hydrogen-bond acceptors (Lipinski definition) is 3. The van der Waals surface area contributed by atoms with E-state index in [-0.39, 0.29) is 11.8 Å². The average molecular weight is 384 g/mol. The van der Waals surface area contributed by atoms with Crippen molar-refractivity contribution in [3.05, 3.63) is 29.8 Å². The molecule has 6 heteroatoms. The SMILES string of the molecule is O=C(O)CC1(CNC(=O)Oc2cccc(CBr)c2)CCCCC1. The van der Waals surface area contributed by atoms with Crippen LogP contribution in [0.25, 0.3) is 0 Å². The molecule has 23 heavy (non-hydrogen) atoms. The van der Waals surface area contributed by atoms with E-state index in [4.69, 9.17) is 9.84 Å². The van der Waals surface area contributed by atoms with Gasteiger partial charge in [0.05, 0.1) is 6.42 Å². The second kappa shape index (κ2) is 8.34. The van der Waals surface area contributed by atoms with Gasteiger partial charge in [0.2, 0.25) is 0 Å². The van der Waals surface area contributed by atoms with Gasteiger partial charge in [0.15, 0.2) is 0 Å².